The van der Waals surface area contributed by atoms with Crippen LogP contribution in [0.2, 0.25) is 0 Å². The summed E-state index contributed by atoms with van der Waals surface area (Å²) < 4.78 is 26.4. The molecule has 0 saturated carbocycles. The minimum absolute atomic E-state index is 0.0187. The Morgan fingerprint density at radius 2 is 1.95 bits per heavy atom. The maximum Gasteiger partial charge on any atom is 0.303 e. The van der Waals surface area contributed by atoms with Gasteiger partial charge < -0.3 is 10.2 Å². The van der Waals surface area contributed by atoms with Crippen molar-refractivity contribution < 1.29 is 23.4 Å². The van der Waals surface area contributed by atoms with Crippen molar-refractivity contribution in [3.05, 3.63) is 29.8 Å². The van der Waals surface area contributed by atoms with Crippen molar-refractivity contribution in [3.63, 3.8) is 0 Å². The van der Waals surface area contributed by atoms with Crippen molar-refractivity contribution in [2.45, 2.75) is 36.6 Å². The van der Waals surface area contributed by atoms with E-state index in [-0.39, 0.29) is 24.0 Å². The van der Waals surface area contributed by atoms with Crippen LogP contribution in [0.5, 0.6) is 0 Å². The quantitative estimate of drug-likeness (QED) is 0.812. The molecule has 2 N–H and O–H groups in total. The van der Waals surface area contributed by atoms with E-state index in [1.165, 1.54) is 16.4 Å². The molecule has 0 spiro atoms. The SMILES string of the molecule is O=C(O)CCc1ccc(S(=O)(=O)N2CCCC2CO)cc1. The first-order valence-electron chi connectivity index (χ1n) is 6.88. The number of nitrogens with zero attached hydrogens (tertiary/aromatic N) is 1. The largest absolute Gasteiger partial charge is 0.481 e. The highest BCUT2D eigenvalue weighted by atomic mass is 32.2. The van der Waals surface area contributed by atoms with E-state index in [1.54, 1.807) is 12.1 Å². The Morgan fingerprint density at radius 3 is 2.52 bits per heavy atom. The maximum absolute atomic E-state index is 12.5. The number of aryl methyl sites for hydroxylation is 1. The fourth-order valence-corrected chi connectivity index (χ4v) is 4.21. The van der Waals surface area contributed by atoms with Gasteiger partial charge in [-0.25, -0.2) is 8.42 Å². The molecule has 1 unspecified atom stereocenters. The molecular formula is C14H19NO5S. The highest BCUT2D eigenvalue weighted by Crippen LogP contribution is 2.26. The first-order valence-corrected chi connectivity index (χ1v) is 8.32. The Morgan fingerprint density at radius 1 is 1.29 bits per heavy atom. The number of hydrogen-bond acceptors (Lipinski definition) is 4. The first kappa shape index (κ1) is 15.9. The molecule has 2 rings (SSSR count). The van der Waals surface area contributed by atoms with E-state index in [4.69, 9.17) is 5.11 Å². The summed E-state index contributed by atoms with van der Waals surface area (Å²) in [6, 6.07) is 5.93. The fourth-order valence-electron chi connectivity index (χ4n) is 2.52. The van der Waals surface area contributed by atoms with E-state index in [0.717, 1.165) is 12.0 Å². The third-order valence-corrected chi connectivity index (χ3v) is 5.66. The Labute approximate surface area is 124 Å². The molecule has 1 heterocycles. The van der Waals surface area contributed by atoms with Crippen molar-refractivity contribution in [2.24, 2.45) is 0 Å². The summed E-state index contributed by atoms with van der Waals surface area (Å²) in [5.74, 6) is -0.880. The predicted octanol–water partition coefficient (Wildman–Crippen LogP) is 0.849. The monoisotopic (exact) mass is 313 g/mol. The number of carboxylic acid groups (broad SMARTS) is 1. The lowest BCUT2D eigenvalue weighted by molar-refractivity contribution is -0.136. The predicted molar refractivity (Wildman–Crippen MR) is 76.4 cm³/mol. The standard InChI is InChI=1S/C14H19NO5S/c16-10-12-2-1-9-15(12)21(19,20)13-6-3-11(4-7-13)5-8-14(17)18/h3-4,6-7,12,16H,1-2,5,8-10H2,(H,17,18). The van der Waals surface area contributed by atoms with Crippen LogP contribution < -0.4 is 0 Å². The first-order chi connectivity index (χ1) is 9.95. The lowest BCUT2D eigenvalue weighted by Gasteiger charge is -2.22. The second-order valence-electron chi connectivity index (χ2n) is 5.13. The third-order valence-electron chi connectivity index (χ3n) is 3.69. The molecule has 1 fully saturated rings. The number of aliphatic hydroxyl groups is 1. The van der Waals surface area contributed by atoms with Crippen molar-refractivity contribution >= 4 is 16.0 Å². The number of rotatable bonds is 6. The Bertz CT molecular complexity index is 596. The molecule has 116 valence electrons. The minimum Gasteiger partial charge on any atom is -0.481 e. The van der Waals surface area contributed by atoms with Crippen LogP contribution >= 0.6 is 0 Å². The molecule has 1 aromatic carbocycles. The number of benzene rings is 1. The number of sulfonamides is 1. The molecule has 1 aliphatic heterocycles. The zero-order chi connectivity index (χ0) is 15.5. The third kappa shape index (κ3) is 3.61. The van der Waals surface area contributed by atoms with Crippen molar-refractivity contribution in [1.29, 1.82) is 0 Å². The van der Waals surface area contributed by atoms with Crippen molar-refractivity contribution in [1.82, 2.24) is 4.31 Å². The van der Waals surface area contributed by atoms with Crippen LogP contribution in [0.1, 0.15) is 24.8 Å². The molecule has 21 heavy (non-hydrogen) atoms. The summed E-state index contributed by atoms with van der Waals surface area (Å²) in [4.78, 5) is 10.7. The normalized spacial score (nSPS) is 19.8. The topological polar surface area (TPSA) is 94.9 Å². The van der Waals surface area contributed by atoms with Gasteiger partial charge in [-0.15, -0.1) is 0 Å². The van der Waals surface area contributed by atoms with Crippen LogP contribution in [0.3, 0.4) is 0 Å². The summed E-state index contributed by atoms with van der Waals surface area (Å²) in [6.45, 7) is 0.254. The number of hydrogen-bond donors (Lipinski definition) is 2. The summed E-state index contributed by atoms with van der Waals surface area (Å²) in [5.41, 5.74) is 0.788. The summed E-state index contributed by atoms with van der Waals surface area (Å²) in [7, 11) is -3.59. The molecule has 0 aromatic heterocycles. The Kier molecular flexibility index (Phi) is 4.97. The summed E-state index contributed by atoms with van der Waals surface area (Å²) in [5, 5.41) is 17.9. The molecule has 0 radical (unpaired) electrons. The molecule has 0 bridgehead atoms. The Hall–Kier alpha value is -1.44. The van der Waals surface area contributed by atoms with Gasteiger partial charge in [-0.1, -0.05) is 12.1 Å². The van der Waals surface area contributed by atoms with Crippen molar-refractivity contribution in [2.75, 3.05) is 13.2 Å². The molecule has 7 heteroatoms. The summed E-state index contributed by atoms with van der Waals surface area (Å²) >= 11 is 0. The number of carbonyl (C=O) groups is 1. The fraction of sp³-hybridized carbons (Fsp3) is 0.500. The lowest BCUT2D eigenvalue weighted by atomic mass is 10.1. The van der Waals surface area contributed by atoms with E-state index in [9.17, 15) is 18.3 Å². The number of aliphatic carboxylic acids is 1. The van der Waals surface area contributed by atoms with Gasteiger partial charge in [0.05, 0.1) is 11.5 Å². The van der Waals surface area contributed by atoms with Gasteiger partial charge in [0, 0.05) is 19.0 Å². The van der Waals surface area contributed by atoms with E-state index in [0.29, 0.717) is 19.4 Å². The summed E-state index contributed by atoms with van der Waals surface area (Å²) in [6.07, 6.45) is 1.82. The molecule has 0 amide bonds. The maximum atomic E-state index is 12.5. The molecule has 1 saturated heterocycles. The van der Waals surface area contributed by atoms with Gasteiger partial charge in [0.25, 0.3) is 0 Å². The number of carboxylic acids is 1. The molecule has 0 aliphatic carbocycles. The van der Waals surface area contributed by atoms with E-state index >= 15 is 0 Å². The van der Waals surface area contributed by atoms with Crippen LogP contribution in [0.4, 0.5) is 0 Å². The van der Waals surface area contributed by atoms with Crippen molar-refractivity contribution in [3.8, 4) is 0 Å². The van der Waals surface area contributed by atoms with E-state index in [1.807, 2.05) is 0 Å². The van der Waals surface area contributed by atoms with Crippen LogP contribution in [0.25, 0.3) is 0 Å². The van der Waals surface area contributed by atoms with Gasteiger partial charge in [0.1, 0.15) is 0 Å². The highest BCUT2D eigenvalue weighted by molar-refractivity contribution is 7.89. The van der Waals surface area contributed by atoms with Gasteiger partial charge in [0.2, 0.25) is 10.0 Å². The smallest absolute Gasteiger partial charge is 0.303 e. The molecule has 1 atom stereocenters. The molecule has 6 nitrogen and oxygen atoms in total. The molecule has 1 aliphatic rings. The van der Waals surface area contributed by atoms with Gasteiger partial charge in [-0.05, 0) is 37.0 Å². The van der Waals surface area contributed by atoms with E-state index < -0.39 is 16.0 Å². The van der Waals surface area contributed by atoms with Crippen LogP contribution in [0, 0.1) is 0 Å². The highest BCUT2D eigenvalue weighted by Gasteiger charge is 2.34. The van der Waals surface area contributed by atoms with E-state index in [2.05, 4.69) is 0 Å². The molecule has 1 aromatic rings. The van der Waals surface area contributed by atoms with Gasteiger partial charge in [-0.3, -0.25) is 4.79 Å². The Balaban J connectivity index is 2.15. The van der Waals surface area contributed by atoms with Crippen LogP contribution in [-0.2, 0) is 21.2 Å². The van der Waals surface area contributed by atoms with Crippen LogP contribution in [0.15, 0.2) is 29.2 Å². The zero-order valence-electron chi connectivity index (χ0n) is 11.6. The second kappa shape index (κ2) is 6.55. The second-order valence-corrected chi connectivity index (χ2v) is 7.02. The van der Waals surface area contributed by atoms with Gasteiger partial charge >= 0.3 is 5.97 Å². The molecular weight excluding hydrogens is 294 g/mol. The van der Waals surface area contributed by atoms with Crippen LogP contribution in [-0.4, -0.2) is 48.1 Å². The average Bonchev–Trinajstić information content (AvgIpc) is 2.94. The number of aliphatic hydroxyl groups excluding tert-OH is 1. The zero-order valence-corrected chi connectivity index (χ0v) is 12.4. The van der Waals surface area contributed by atoms with Gasteiger partial charge in [-0.2, -0.15) is 4.31 Å². The van der Waals surface area contributed by atoms with Gasteiger partial charge in [0.15, 0.2) is 0 Å². The lowest BCUT2D eigenvalue weighted by Crippen LogP contribution is -2.37. The minimum atomic E-state index is -3.59. The average molecular weight is 313 g/mol.